The highest BCUT2D eigenvalue weighted by molar-refractivity contribution is 14.1. The summed E-state index contributed by atoms with van der Waals surface area (Å²) in [5.41, 5.74) is 6.82. The van der Waals surface area contributed by atoms with Gasteiger partial charge in [0.15, 0.2) is 11.5 Å². The van der Waals surface area contributed by atoms with Gasteiger partial charge in [-0.15, -0.1) is 0 Å². The second-order valence-electron chi connectivity index (χ2n) is 9.73. The summed E-state index contributed by atoms with van der Waals surface area (Å²) in [6, 6.07) is 29.9. The van der Waals surface area contributed by atoms with Gasteiger partial charge in [-0.3, -0.25) is 0 Å². The number of hydrogen-bond donors (Lipinski definition) is 0. The summed E-state index contributed by atoms with van der Waals surface area (Å²) < 4.78 is 19.2. The van der Waals surface area contributed by atoms with Crippen LogP contribution in [0, 0.1) is 28.7 Å². The summed E-state index contributed by atoms with van der Waals surface area (Å²) in [5.74, 6) is 2.08. The van der Waals surface area contributed by atoms with Gasteiger partial charge in [-0.1, -0.05) is 89.5 Å². The molecule has 1 aromatic heterocycles. The fraction of sp³-hybridized carbons (Fsp3) is 0.143. The lowest BCUT2D eigenvalue weighted by atomic mass is 9.97. The predicted molar refractivity (Wildman–Crippen MR) is 177 cm³/mol. The quantitative estimate of drug-likeness (QED) is 0.114. The molecule has 0 saturated carbocycles. The predicted octanol–water partition coefficient (Wildman–Crippen LogP) is 10.1. The van der Waals surface area contributed by atoms with E-state index in [1.807, 2.05) is 106 Å². The van der Waals surface area contributed by atoms with Crippen LogP contribution in [0.15, 0.2) is 94.3 Å². The summed E-state index contributed by atoms with van der Waals surface area (Å²) in [7, 11) is 0. The zero-order valence-electron chi connectivity index (χ0n) is 23.4. The number of aryl methyl sites for hydroxylation is 2. The van der Waals surface area contributed by atoms with Crippen molar-refractivity contribution < 1.29 is 13.9 Å². The maximum absolute atomic E-state index is 10.3. The standard InChI is InChI=1S/C35H28ClIN2O3/c1-4-40-31-18-24(17-30(37)34(31)41-21-27-7-5-6-8-29(27)36)20-39-35-28(19-38)32(25-13-9-22(2)10-14-25)33(42-35)26-15-11-23(3)12-16-26/h5-18,20H,4,21H2,1-3H3. The highest BCUT2D eigenvalue weighted by Crippen LogP contribution is 2.43. The van der Waals surface area contributed by atoms with Crippen molar-refractivity contribution in [3.8, 4) is 40.0 Å². The Labute approximate surface area is 264 Å². The van der Waals surface area contributed by atoms with Crippen LogP contribution in [-0.2, 0) is 6.61 Å². The molecule has 0 atom stereocenters. The average molecular weight is 687 g/mol. The van der Waals surface area contributed by atoms with Crippen LogP contribution in [0.1, 0.15) is 34.7 Å². The Balaban J connectivity index is 1.53. The number of hydrogen-bond acceptors (Lipinski definition) is 5. The fourth-order valence-corrected chi connectivity index (χ4v) is 5.45. The topological polar surface area (TPSA) is 67.8 Å². The van der Waals surface area contributed by atoms with E-state index < -0.39 is 0 Å². The third-order valence-corrected chi connectivity index (χ3v) is 7.82. The van der Waals surface area contributed by atoms with Crippen molar-refractivity contribution in [3.63, 3.8) is 0 Å². The molecule has 0 aliphatic heterocycles. The molecule has 0 amide bonds. The van der Waals surface area contributed by atoms with E-state index in [1.165, 1.54) is 0 Å². The van der Waals surface area contributed by atoms with Gasteiger partial charge in [0.2, 0.25) is 5.88 Å². The van der Waals surface area contributed by atoms with Crippen molar-refractivity contribution in [1.29, 1.82) is 5.26 Å². The van der Waals surface area contributed by atoms with Gasteiger partial charge in [0, 0.05) is 27.9 Å². The summed E-state index contributed by atoms with van der Waals surface area (Å²) >= 11 is 8.55. The van der Waals surface area contributed by atoms with Crippen LogP contribution < -0.4 is 9.47 Å². The Hall–Kier alpha value is -4.06. The molecule has 7 heteroatoms. The van der Waals surface area contributed by atoms with Gasteiger partial charge in [-0.05, 0) is 72.7 Å². The molecule has 0 aliphatic rings. The molecule has 0 aliphatic carbocycles. The highest BCUT2D eigenvalue weighted by atomic mass is 127. The van der Waals surface area contributed by atoms with Crippen LogP contribution in [0.25, 0.3) is 22.5 Å². The van der Waals surface area contributed by atoms with E-state index in [4.69, 9.17) is 25.5 Å². The van der Waals surface area contributed by atoms with Crippen LogP contribution in [0.3, 0.4) is 0 Å². The van der Waals surface area contributed by atoms with Gasteiger partial charge in [0.05, 0.1) is 10.2 Å². The molecule has 5 aromatic rings. The zero-order valence-corrected chi connectivity index (χ0v) is 26.4. The number of ether oxygens (including phenoxy) is 2. The van der Waals surface area contributed by atoms with Gasteiger partial charge in [-0.2, -0.15) is 5.26 Å². The van der Waals surface area contributed by atoms with Crippen molar-refractivity contribution in [2.75, 3.05) is 6.61 Å². The SMILES string of the molecule is CCOc1cc(C=Nc2oc(-c3ccc(C)cc3)c(-c3ccc(C)cc3)c2C#N)cc(I)c1OCc1ccccc1Cl. The van der Waals surface area contributed by atoms with Crippen LogP contribution in [0.2, 0.25) is 5.02 Å². The second-order valence-corrected chi connectivity index (χ2v) is 11.3. The average Bonchev–Trinajstić information content (AvgIpc) is 3.36. The summed E-state index contributed by atoms with van der Waals surface area (Å²) in [4.78, 5) is 4.66. The van der Waals surface area contributed by atoms with Gasteiger partial charge in [0.1, 0.15) is 24.0 Å². The van der Waals surface area contributed by atoms with E-state index in [2.05, 4.69) is 33.7 Å². The van der Waals surface area contributed by atoms with Crippen LogP contribution in [0.5, 0.6) is 11.5 Å². The van der Waals surface area contributed by atoms with Crippen LogP contribution in [-0.4, -0.2) is 12.8 Å². The molecule has 0 N–H and O–H groups in total. The normalized spacial score (nSPS) is 11.0. The minimum Gasteiger partial charge on any atom is -0.490 e. The zero-order chi connectivity index (χ0) is 29.6. The Bertz CT molecular complexity index is 1790. The van der Waals surface area contributed by atoms with Crippen molar-refractivity contribution in [3.05, 3.63) is 121 Å². The number of benzene rings is 4. The van der Waals surface area contributed by atoms with Crippen molar-refractivity contribution in [2.24, 2.45) is 4.99 Å². The van der Waals surface area contributed by atoms with E-state index >= 15 is 0 Å². The first kappa shape index (κ1) is 29.4. The van der Waals surface area contributed by atoms with Crippen molar-refractivity contribution in [2.45, 2.75) is 27.4 Å². The minimum absolute atomic E-state index is 0.246. The molecule has 210 valence electrons. The third kappa shape index (κ3) is 6.53. The van der Waals surface area contributed by atoms with Gasteiger partial charge < -0.3 is 13.9 Å². The Morgan fingerprint density at radius 3 is 2.24 bits per heavy atom. The maximum Gasteiger partial charge on any atom is 0.238 e. The molecule has 0 radical (unpaired) electrons. The maximum atomic E-state index is 10.3. The lowest BCUT2D eigenvalue weighted by Gasteiger charge is -2.15. The van der Waals surface area contributed by atoms with Crippen LogP contribution in [0.4, 0.5) is 5.88 Å². The van der Waals surface area contributed by atoms with Crippen molar-refractivity contribution >= 4 is 46.3 Å². The number of nitriles is 1. The molecule has 42 heavy (non-hydrogen) atoms. The lowest BCUT2D eigenvalue weighted by molar-refractivity contribution is 0.267. The molecule has 4 aromatic carbocycles. The van der Waals surface area contributed by atoms with E-state index in [1.54, 1.807) is 6.21 Å². The Kier molecular flexibility index (Phi) is 9.31. The third-order valence-electron chi connectivity index (χ3n) is 6.65. The first-order valence-corrected chi connectivity index (χ1v) is 14.9. The first-order valence-electron chi connectivity index (χ1n) is 13.5. The largest absolute Gasteiger partial charge is 0.490 e. The number of aliphatic imine (C=N–C) groups is 1. The Morgan fingerprint density at radius 2 is 1.60 bits per heavy atom. The second kappa shape index (κ2) is 13.3. The summed E-state index contributed by atoms with van der Waals surface area (Å²) in [5, 5.41) is 10.9. The number of furan rings is 1. The monoisotopic (exact) mass is 686 g/mol. The fourth-order valence-electron chi connectivity index (χ4n) is 4.48. The molecule has 0 saturated heterocycles. The van der Waals surface area contributed by atoms with Gasteiger partial charge in [0.25, 0.3) is 0 Å². The molecule has 0 unspecified atom stereocenters. The molecule has 0 spiro atoms. The van der Waals surface area contributed by atoms with E-state index in [0.29, 0.717) is 41.1 Å². The minimum atomic E-state index is 0.246. The summed E-state index contributed by atoms with van der Waals surface area (Å²) in [6.07, 6.45) is 1.68. The first-order chi connectivity index (χ1) is 20.4. The molecule has 0 fully saturated rings. The number of rotatable bonds is 9. The van der Waals surface area contributed by atoms with E-state index in [9.17, 15) is 5.26 Å². The van der Waals surface area contributed by atoms with Crippen molar-refractivity contribution in [1.82, 2.24) is 0 Å². The summed E-state index contributed by atoms with van der Waals surface area (Å²) in [6.45, 7) is 6.77. The molecular formula is C35H28ClIN2O3. The lowest BCUT2D eigenvalue weighted by Crippen LogP contribution is -2.03. The molecule has 0 bridgehead atoms. The number of nitrogens with zero attached hydrogens (tertiary/aromatic N) is 2. The number of halogens is 2. The molecule has 1 heterocycles. The van der Waals surface area contributed by atoms with Gasteiger partial charge in [-0.25, -0.2) is 4.99 Å². The Morgan fingerprint density at radius 1 is 0.929 bits per heavy atom. The molecule has 5 rings (SSSR count). The highest BCUT2D eigenvalue weighted by Gasteiger charge is 2.23. The van der Waals surface area contributed by atoms with E-state index in [0.717, 1.165) is 42.5 Å². The van der Waals surface area contributed by atoms with E-state index in [-0.39, 0.29) is 5.88 Å². The van der Waals surface area contributed by atoms with Crippen LogP contribution >= 0.6 is 34.2 Å². The van der Waals surface area contributed by atoms with Gasteiger partial charge >= 0.3 is 0 Å². The smallest absolute Gasteiger partial charge is 0.238 e. The molecular weight excluding hydrogens is 659 g/mol. The molecule has 5 nitrogen and oxygen atoms in total.